The van der Waals surface area contributed by atoms with E-state index >= 15 is 0 Å². The van der Waals surface area contributed by atoms with Gasteiger partial charge in [0.05, 0.1) is 18.9 Å². The third-order valence-corrected chi connectivity index (χ3v) is 4.70. The van der Waals surface area contributed by atoms with Gasteiger partial charge < -0.3 is 15.1 Å². The van der Waals surface area contributed by atoms with Gasteiger partial charge >= 0.3 is 0 Å². The fraction of sp³-hybridized carbons (Fsp3) is 0.769. The Morgan fingerprint density at radius 3 is 2.94 bits per heavy atom. The molecule has 0 amide bonds. The third-order valence-electron chi connectivity index (χ3n) is 3.75. The van der Waals surface area contributed by atoms with Crippen molar-refractivity contribution in [2.75, 3.05) is 24.6 Å². The Hall–Kier alpha value is -0.650. The number of hydrogen-bond acceptors (Lipinski definition) is 5. The molecular formula is C13H22N2O2S. The van der Waals surface area contributed by atoms with Gasteiger partial charge in [-0.15, -0.1) is 11.3 Å². The minimum absolute atomic E-state index is 0.00441. The Balaban J connectivity index is 2.09. The summed E-state index contributed by atoms with van der Waals surface area (Å²) in [7, 11) is 0. The standard InChI is InChI=1S/C13H22N2O2S/c1-2-4-13(10-17)5-3-6-15(9-13)12-14-11(7-16)8-18-12/h8,16-17H,2-7,9-10H2,1H3/t13-/m0/s1. The smallest absolute Gasteiger partial charge is 0.185 e. The van der Waals surface area contributed by atoms with Gasteiger partial charge in [0.25, 0.3) is 0 Å². The molecule has 0 radical (unpaired) electrons. The van der Waals surface area contributed by atoms with Gasteiger partial charge in [-0.05, 0) is 19.3 Å². The number of aliphatic hydroxyl groups is 2. The van der Waals surface area contributed by atoms with E-state index in [1.807, 2.05) is 5.38 Å². The zero-order valence-corrected chi connectivity index (χ0v) is 11.7. The van der Waals surface area contributed by atoms with Crippen LogP contribution in [-0.4, -0.2) is 34.9 Å². The summed E-state index contributed by atoms with van der Waals surface area (Å²) < 4.78 is 0. The van der Waals surface area contributed by atoms with Crippen molar-refractivity contribution < 1.29 is 10.2 Å². The van der Waals surface area contributed by atoms with Crippen LogP contribution in [0.1, 0.15) is 38.3 Å². The lowest BCUT2D eigenvalue weighted by Crippen LogP contribution is -2.45. The van der Waals surface area contributed by atoms with Crippen molar-refractivity contribution in [1.82, 2.24) is 4.98 Å². The van der Waals surface area contributed by atoms with E-state index in [-0.39, 0.29) is 18.6 Å². The topological polar surface area (TPSA) is 56.6 Å². The van der Waals surface area contributed by atoms with E-state index < -0.39 is 0 Å². The summed E-state index contributed by atoms with van der Waals surface area (Å²) in [4.78, 5) is 6.69. The molecule has 0 aromatic carbocycles. The van der Waals surface area contributed by atoms with Crippen LogP contribution in [0.2, 0.25) is 0 Å². The molecule has 102 valence electrons. The molecule has 1 aliphatic heterocycles. The number of aromatic nitrogens is 1. The molecule has 1 atom stereocenters. The molecule has 1 saturated heterocycles. The van der Waals surface area contributed by atoms with Crippen LogP contribution in [0.3, 0.4) is 0 Å². The van der Waals surface area contributed by atoms with Gasteiger partial charge in [0.1, 0.15) is 0 Å². The lowest BCUT2D eigenvalue weighted by Gasteiger charge is -2.41. The Morgan fingerprint density at radius 2 is 2.33 bits per heavy atom. The highest BCUT2D eigenvalue weighted by molar-refractivity contribution is 7.13. The van der Waals surface area contributed by atoms with Crippen LogP contribution < -0.4 is 4.90 Å². The summed E-state index contributed by atoms with van der Waals surface area (Å²) in [5, 5.41) is 21.7. The number of rotatable bonds is 5. The highest BCUT2D eigenvalue weighted by Gasteiger charge is 2.35. The molecule has 2 rings (SSSR count). The number of aliphatic hydroxyl groups excluding tert-OH is 2. The molecule has 1 aromatic heterocycles. The Labute approximate surface area is 112 Å². The van der Waals surface area contributed by atoms with Crippen molar-refractivity contribution in [3.63, 3.8) is 0 Å². The number of piperidine rings is 1. The first-order valence-electron chi connectivity index (χ1n) is 6.64. The Morgan fingerprint density at radius 1 is 1.50 bits per heavy atom. The molecule has 18 heavy (non-hydrogen) atoms. The van der Waals surface area contributed by atoms with Crippen LogP contribution in [0.15, 0.2) is 5.38 Å². The predicted molar refractivity (Wildman–Crippen MR) is 73.9 cm³/mol. The number of anilines is 1. The quantitative estimate of drug-likeness (QED) is 0.859. The van der Waals surface area contributed by atoms with E-state index in [0.29, 0.717) is 0 Å². The monoisotopic (exact) mass is 270 g/mol. The van der Waals surface area contributed by atoms with Crippen molar-refractivity contribution in [2.24, 2.45) is 5.41 Å². The van der Waals surface area contributed by atoms with Crippen molar-refractivity contribution in [3.05, 3.63) is 11.1 Å². The van der Waals surface area contributed by atoms with Crippen molar-refractivity contribution in [2.45, 2.75) is 39.2 Å². The zero-order chi connectivity index (χ0) is 13.0. The molecule has 0 spiro atoms. The van der Waals surface area contributed by atoms with Crippen LogP contribution >= 0.6 is 11.3 Å². The molecule has 4 nitrogen and oxygen atoms in total. The SMILES string of the molecule is CCC[C@]1(CO)CCCN(c2nc(CO)cs2)C1. The van der Waals surface area contributed by atoms with Crippen molar-refractivity contribution in [3.8, 4) is 0 Å². The maximum absolute atomic E-state index is 9.71. The van der Waals surface area contributed by atoms with Gasteiger partial charge in [-0.3, -0.25) is 0 Å². The fourth-order valence-electron chi connectivity index (χ4n) is 2.83. The van der Waals surface area contributed by atoms with Crippen LogP contribution in [0.5, 0.6) is 0 Å². The molecule has 1 fully saturated rings. The first-order valence-corrected chi connectivity index (χ1v) is 7.52. The van der Waals surface area contributed by atoms with Gasteiger partial charge in [-0.25, -0.2) is 4.98 Å². The fourth-order valence-corrected chi connectivity index (χ4v) is 3.67. The zero-order valence-electron chi connectivity index (χ0n) is 10.9. The molecular weight excluding hydrogens is 248 g/mol. The largest absolute Gasteiger partial charge is 0.396 e. The second-order valence-corrected chi connectivity index (χ2v) is 6.05. The molecule has 0 bridgehead atoms. The summed E-state index contributed by atoms with van der Waals surface area (Å²) in [6.45, 7) is 4.32. The maximum atomic E-state index is 9.71. The lowest BCUT2D eigenvalue weighted by molar-refractivity contribution is 0.0954. The number of thiazole rings is 1. The summed E-state index contributed by atoms with van der Waals surface area (Å²) in [6, 6.07) is 0. The van der Waals surface area contributed by atoms with Gasteiger partial charge in [-0.1, -0.05) is 13.3 Å². The summed E-state index contributed by atoms with van der Waals surface area (Å²) in [6.07, 6.45) is 4.38. The van der Waals surface area contributed by atoms with E-state index in [9.17, 15) is 5.11 Å². The highest BCUT2D eigenvalue weighted by Crippen LogP contribution is 2.36. The predicted octanol–water partition coefficient (Wildman–Crippen LogP) is 2.01. The second kappa shape index (κ2) is 5.99. The molecule has 2 heterocycles. The van der Waals surface area contributed by atoms with E-state index in [0.717, 1.165) is 49.6 Å². The van der Waals surface area contributed by atoms with E-state index in [1.54, 1.807) is 11.3 Å². The first-order chi connectivity index (χ1) is 8.73. The normalized spacial score (nSPS) is 24.5. The molecule has 1 aromatic rings. The van der Waals surface area contributed by atoms with Crippen molar-refractivity contribution >= 4 is 16.5 Å². The van der Waals surface area contributed by atoms with E-state index in [2.05, 4.69) is 16.8 Å². The average Bonchev–Trinajstić information content (AvgIpc) is 2.88. The summed E-state index contributed by atoms with van der Waals surface area (Å²) in [5.41, 5.74) is 0.781. The van der Waals surface area contributed by atoms with Gasteiger partial charge in [0.2, 0.25) is 0 Å². The minimum atomic E-state index is 0.00441. The maximum Gasteiger partial charge on any atom is 0.185 e. The molecule has 2 N–H and O–H groups in total. The van der Waals surface area contributed by atoms with Crippen LogP contribution in [0, 0.1) is 5.41 Å². The summed E-state index contributed by atoms with van der Waals surface area (Å²) in [5.74, 6) is 0. The molecule has 0 aliphatic carbocycles. The van der Waals surface area contributed by atoms with Crippen LogP contribution in [0.4, 0.5) is 5.13 Å². The average molecular weight is 270 g/mol. The molecule has 0 saturated carbocycles. The second-order valence-electron chi connectivity index (χ2n) is 5.21. The van der Waals surface area contributed by atoms with Crippen LogP contribution in [0.25, 0.3) is 0 Å². The molecule has 0 unspecified atom stereocenters. The Bertz CT molecular complexity index is 379. The van der Waals surface area contributed by atoms with E-state index in [4.69, 9.17) is 5.11 Å². The molecule has 1 aliphatic rings. The molecule has 5 heteroatoms. The first kappa shape index (κ1) is 13.8. The number of nitrogens with zero attached hydrogens (tertiary/aromatic N) is 2. The number of hydrogen-bond donors (Lipinski definition) is 2. The van der Waals surface area contributed by atoms with Gasteiger partial charge in [0.15, 0.2) is 5.13 Å². The lowest BCUT2D eigenvalue weighted by atomic mass is 9.77. The summed E-state index contributed by atoms with van der Waals surface area (Å²) >= 11 is 1.58. The van der Waals surface area contributed by atoms with Crippen LogP contribution in [-0.2, 0) is 6.61 Å². The minimum Gasteiger partial charge on any atom is -0.396 e. The van der Waals surface area contributed by atoms with E-state index in [1.165, 1.54) is 0 Å². The van der Waals surface area contributed by atoms with Gasteiger partial charge in [0, 0.05) is 23.9 Å². The third kappa shape index (κ3) is 2.84. The highest BCUT2D eigenvalue weighted by atomic mass is 32.1. The Kier molecular flexibility index (Phi) is 4.59. The van der Waals surface area contributed by atoms with Gasteiger partial charge in [-0.2, -0.15) is 0 Å². The van der Waals surface area contributed by atoms with Crippen molar-refractivity contribution in [1.29, 1.82) is 0 Å².